The second kappa shape index (κ2) is 5.63. The molecule has 17 heavy (non-hydrogen) atoms. The average molecular weight is 250 g/mol. The van der Waals surface area contributed by atoms with Crippen LogP contribution in [0.25, 0.3) is 0 Å². The average Bonchev–Trinajstić information content (AvgIpc) is 2.83. The third kappa shape index (κ3) is 3.17. The molecule has 0 unspecified atom stereocenters. The van der Waals surface area contributed by atoms with E-state index in [1.807, 2.05) is 31.2 Å². The molecular weight excluding hydrogens is 236 g/mol. The molecule has 2 aromatic rings. The van der Waals surface area contributed by atoms with Crippen molar-refractivity contribution in [3.8, 4) is 5.88 Å². The maximum Gasteiger partial charge on any atom is 0.238 e. The fraction of sp³-hybridized carbons (Fsp3) is 0.250. The molecule has 0 atom stereocenters. The van der Waals surface area contributed by atoms with E-state index < -0.39 is 0 Å². The summed E-state index contributed by atoms with van der Waals surface area (Å²) in [6, 6.07) is 7.50. The van der Waals surface area contributed by atoms with E-state index in [4.69, 9.17) is 14.9 Å². The zero-order chi connectivity index (χ0) is 12.1. The number of anilines is 1. The highest BCUT2D eigenvalue weighted by atomic mass is 32.2. The number of nitrogens with two attached hydrogens (primary N) is 1. The lowest BCUT2D eigenvalue weighted by Gasteiger charge is -2.07. The Kier molecular flexibility index (Phi) is 3.93. The van der Waals surface area contributed by atoms with Gasteiger partial charge in [0.2, 0.25) is 5.88 Å². The molecule has 0 radical (unpaired) electrons. The van der Waals surface area contributed by atoms with Gasteiger partial charge in [-0.3, -0.25) is 0 Å². The van der Waals surface area contributed by atoms with Crippen LogP contribution in [0, 0.1) is 0 Å². The number of ether oxygens (including phenoxy) is 1. The van der Waals surface area contributed by atoms with Crippen molar-refractivity contribution in [2.24, 2.45) is 0 Å². The minimum absolute atomic E-state index is 0.497. The first-order valence-corrected chi connectivity index (χ1v) is 6.32. The number of pyridine rings is 1. The van der Waals surface area contributed by atoms with Crippen molar-refractivity contribution in [2.45, 2.75) is 17.7 Å². The van der Waals surface area contributed by atoms with Crippen LogP contribution in [0.3, 0.4) is 0 Å². The van der Waals surface area contributed by atoms with Crippen LogP contribution in [-0.2, 0) is 5.75 Å². The van der Waals surface area contributed by atoms with Crippen molar-refractivity contribution < 1.29 is 9.15 Å². The Hall–Kier alpha value is -1.62. The first-order chi connectivity index (χ1) is 8.29. The third-order valence-corrected chi connectivity index (χ3v) is 3.04. The van der Waals surface area contributed by atoms with Crippen molar-refractivity contribution in [2.75, 3.05) is 12.3 Å². The quantitative estimate of drug-likeness (QED) is 0.827. The standard InChI is InChI=1S/C12H14N2O2S/c1-2-15-12-10(13)5-6-11(14-12)17-8-9-4-3-7-16-9/h3-7H,2,8,13H2,1H3. The monoisotopic (exact) mass is 250 g/mol. The van der Waals surface area contributed by atoms with Gasteiger partial charge in [0.1, 0.15) is 10.8 Å². The van der Waals surface area contributed by atoms with Crippen LogP contribution in [0.1, 0.15) is 12.7 Å². The van der Waals surface area contributed by atoms with Crippen LogP contribution in [0.2, 0.25) is 0 Å². The molecule has 2 aromatic heterocycles. The Morgan fingerprint density at radius 2 is 2.29 bits per heavy atom. The topological polar surface area (TPSA) is 61.3 Å². The zero-order valence-electron chi connectivity index (χ0n) is 9.55. The number of aromatic nitrogens is 1. The summed E-state index contributed by atoms with van der Waals surface area (Å²) in [4.78, 5) is 4.34. The Morgan fingerprint density at radius 3 is 3.00 bits per heavy atom. The normalized spacial score (nSPS) is 10.4. The van der Waals surface area contributed by atoms with E-state index >= 15 is 0 Å². The van der Waals surface area contributed by atoms with Gasteiger partial charge in [-0.1, -0.05) is 11.8 Å². The lowest BCUT2D eigenvalue weighted by atomic mass is 10.4. The number of thioether (sulfide) groups is 1. The van der Waals surface area contributed by atoms with Gasteiger partial charge in [0.05, 0.1) is 24.3 Å². The van der Waals surface area contributed by atoms with E-state index in [1.54, 1.807) is 18.0 Å². The number of nitrogen functional groups attached to an aromatic ring is 1. The van der Waals surface area contributed by atoms with Crippen molar-refractivity contribution in [3.63, 3.8) is 0 Å². The molecule has 2 rings (SSSR count). The van der Waals surface area contributed by atoms with Gasteiger partial charge in [-0.2, -0.15) is 0 Å². The molecule has 5 heteroatoms. The molecule has 0 fully saturated rings. The molecule has 90 valence electrons. The Labute approximate surface area is 104 Å². The molecule has 0 amide bonds. The highest BCUT2D eigenvalue weighted by Crippen LogP contribution is 2.26. The van der Waals surface area contributed by atoms with Crippen molar-refractivity contribution in [1.29, 1.82) is 0 Å². The van der Waals surface area contributed by atoms with E-state index in [-0.39, 0.29) is 0 Å². The Morgan fingerprint density at radius 1 is 1.41 bits per heavy atom. The first kappa shape index (κ1) is 11.9. The minimum Gasteiger partial charge on any atom is -0.476 e. The predicted molar refractivity (Wildman–Crippen MR) is 68.1 cm³/mol. The van der Waals surface area contributed by atoms with E-state index in [0.717, 1.165) is 16.5 Å². The third-order valence-electron chi connectivity index (χ3n) is 2.09. The van der Waals surface area contributed by atoms with Gasteiger partial charge >= 0.3 is 0 Å². The van der Waals surface area contributed by atoms with Gasteiger partial charge in [-0.05, 0) is 31.2 Å². The highest BCUT2D eigenvalue weighted by Gasteiger charge is 2.05. The van der Waals surface area contributed by atoms with Crippen molar-refractivity contribution in [1.82, 2.24) is 4.98 Å². The van der Waals surface area contributed by atoms with Crippen LogP contribution in [0.15, 0.2) is 40.0 Å². The molecule has 0 saturated carbocycles. The molecule has 0 aromatic carbocycles. The number of furan rings is 1. The molecule has 0 bridgehead atoms. The molecule has 0 aliphatic rings. The zero-order valence-corrected chi connectivity index (χ0v) is 10.4. The summed E-state index contributed by atoms with van der Waals surface area (Å²) < 4.78 is 10.6. The summed E-state index contributed by atoms with van der Waals surface area (Å²) in [5.41, 5.74) is 6.32. The number of rotatable bonds is 5. The maximum absolute atomic E-state index is 5.75. The van der Waals surface area contributed by atoms with Gasteiger partial charge in [0.25, 0.3) is 0 Å². The molecule has 2 N–H and O–H groups in total. The smallest absolute Gasteiger partial charge is 0.238 e. The highest BCUT2D eigenvalue weighted by molar-refractivity contribution is 7.98. The second-order valence-electron chi connectivity index (χ2n) is 3.34. The molecule has 4 nitrogen and oxygen atoms in total. The number of hydrogen-bond acceptors (Lipinski definition) is 5. The van der Waals surface area contributed by atoms with Crippen LogP contribution in [0.5, 0.6) is 5.88 Å². The summed E-state index contributed by atoms with van der Waals surface area (Å²) in [5.74, 6) is 2.17. The fourth-order valence-corrected chi connectivity index (χ4v) is 2.07. The van der Waals surface area contributed by atoms with Crippen molar-refractivity contribution in [3.05, 3.63) is 36.3 Å². The largest absolute Gasteiger partial charge is 0.476 e. The lowest BCUT2D eigenvalue weighted by molar-refractivity contribution is 0.326. The Balaban J connectivity index is 2.03. The van der Waals surface area contributed by atoms with E-state index in [1.165, 1.54) is 0 Å². The second-order valence-corrected chi connectivity index (χ2v) is 4.34. The molecule has 2 heterocycles. The number of hydrogen-bond donors (Lipinski definition) is 1. The van der Waals surface area contributed by atoms with Crippen LogP contribution in [0.4, 0.5) is 5.69 Å². The van der Waals surface area contributed by atoms with Gasteiger partial charge in [0, 0.05) is 0 Å². The van der Waals surface area contributed by atoms with Gasteiger partial charge in [0.15, 0.2) is 0 Å². The maximum atomic E-state index is 5.75. The molecule has 0 aliphatic carbocycles. The lowest BCUT2D eigenvalue weighted by Crippen LogP contribution is -1.99. The van der Waals surface area contributed by atoms with Gasteiger partial charge in [-0.15, -0.1) is 0 Å². The molecule has 0 aliphatic heterocycles. The number of nitrogens with zero attached hydrogens (tertiary/aromatic N) is 1. The van der Waals surface area contributed by atoms with Gasteiger partial charge in [-0.25, -0.2) is 4.98 Å². The minimum atomic E-state index is 0.497. The van der Waals surface area contributed by atoms with E-state index in [9.17, 15) is 0 Å². The molecule has 0 spiro atoms. The fourth-order valence-electron chi connectivity index (χ4n) is 1.31. The molecule has 0 saturated heterocycles. The molecular formula is C12H14N2O2S. The summed E-state index contributed by atoms with van der Waals surface area (Å²) in [7, 11) is 0. The summed E-state index contributed by atoms with van der Waals surface area (Å²) in [6.07, 6.45) is 1.66. The van der Waals surface area contributed by atoms with Crippen LogP contribution < -0.4 is 10.5 Å². The SMILES string of the molecule is CCOc1nc(SCc2ccco2)ccc1N. The Bertz CT molecular complexity index is 471. The predicted octanol–water partition coefficient (Wildman–Crippen LogP) is 2.95. The van der Waals surface area contributed by atoms with Crippen LogP contribution in [-0.4, -0.2) is 11.6 Å². The summed E-state index contributed by atoms with van der Waals surface area (Å²) in [6.45, 7) is 2.47. The summed E-state index contributed by atoms with van der Waals surface area (Å²) >= 11 is 1.59. The van der Waals surface area contributed by atoms with Gasteiger partial charge < -0.3 is 14.9 Å². The van der Waals surface area contributed by atoms with Crippen LogP contribution >= 0.6 is 11.8 Å². The first-order valence-electron chi connectivity index (χ1n) is 5.34. The van der Waals surface area contributed by atoms with Crippen molar-refractivity contribution >= 4 is 17.4 Å². The van der Waals surface area contributed by atoms with E-state index in [0.29, 0.717) is 18.2 Å². The van der Waals surface area contributed by atoms with E-state index in [2.05, 4.69) is 4.98 Å². The summed E-state index contributed by atoms with van der Waals surface area (Å²) in [5, 5.41) is 0.874.